The highest BCUT2D eigenvalue weighted by atomic mass is 32.1. The molecule has 0 aromatic carbocycles. The van der Waals surface area contributed by atoms with Crippen LogP contribution < -0.4 is 0 Å². The lowest BCUT2D eigenvalue weighted by molar-refractivity contribution is -0.170. The van der Waals surface area contributed by atoms with Gasteiger partial charge < -0.3 is 9.84 Å². The standard InChI is InChI=1S/C18H20O3S2/c1-11-12-6-7-13(11)14(10-12)21-17(19)18(20,15-4-2-8-22-15)16-5-3-9-23-16/h2-5,8-9,11-14,20H,6-7,10H2,1H3. The molecule has 23 heavy (non-hydrogen) atoms. The Morgan fingerprint density at radius 2 is 1.87 bits per heavy atom. The summed E-state index contributed by atoms with van der Waals surface area (Å²) in [6, 6.07) is 7.31. The molecule has 0 saturated heterocycles. The quantitative estimate of drug-likeness (QED) is 0.849. The van der Waals surface area contributed by atoms with Gasteiger partial charge in [-0.3, -0.25) is 0 Å². The van der Waals surface area contributed by atoms with Crippen molar-refractivity contribution in [1.82, 2.24) is 0 Å². The number of carbonyl (C=O) groups is 1. The number of carbonyl (C=O) groups excluding carboxylic acids is 1. The molecule has 4 unspecified atom stereocenters. The number of rotatable bonds is 4. The summed E-state index contributed by atoms with van der Waals surface area (Å²) in [5, 5.41) is 15.0. The second kappa shape index (κ2) is 5.72. The summed E-state index contributed by atoms with van der Waals surface area (Å²) < 4.78 is 5.85. The zero-order valence-electron chi connectivity index (χ0n) is 13.0. The highest BCUT2D eigenvalue weighted by Crippen LogP contribution is 2.51. The third-order valence-corrected chi connectivity index (χ3v) is 7.57. The van der Waals surface area contributed by atoms with Crippen LogP contribution in [0.3, 0.4) is 0 Å². The normalized spacial score (nSPS) is 29.8. The minimum Gasteiger partial charge on any atom is -0.459 e. The van der Waals surface area contributed by atoms with Crippen molar-refractivity contribution in [2.45, 2.75) is 37.9 Å². The third-order valence-electron chi connectivity index (χ3n) is 5.61. The first-order valence-corrected chi connectivity index (χ1v) is 9.88. The van der Waals surface area contributed by atoms with Crippen molar-refractivity contribution in [1.29, 1.82) is 0 Å². The highest BCUT2D eigenvalue weighted by Gasteiger charge is 2.51. The van der Waals surface area contributed by atoms with E-state index in [0.29, 0.717) is 27.5 Å². The Morgan fingerprint density at radius 1 is 1.22 bits per heavy atom. The van der Waals surface area contributed by atoms with Gasteiger partial charge in [0.05, 0.1) is 9.75 Å². The van der Waals surface area contributed by atoms with Crippen molar-refractivity contribution < 1.29 is 14.6 Å². The molecule has 5 heteroatoms. The molecule has 2 aliphatic rings. The van der Waals surface area contributed by atoms with Gasteiger partial charge in [-0.05, 0) is 59.9 Å². The maximum Gasteiger partial charge on any atom is 0.349 e. The smallest absolute Gasteiger partial charge is 0.349 e. The van der Waals surface area contributed by atoms with Crippen LogP contribution in [0.25, 0.3) is 0 Å². The third kappa shape index (κ3) is 2.37. The molecule has 122 valence electrons. The lowest BCUT2D eigenvalue weighted by atomic mass is 9.96. The van der Waals surface area contributed by atoms with Crippen molar-refractivity contribution in [2.24, 2.45) is 17.8 Å². The summed E-state index contributed by atoms with van der Waals surface area (Å²) in [5.74, 6) is 1.24. The summed E-state index contributed by atoms with van der Waals surface area (Å²) >= 11 is 2.77. The lowest BCUT2D eigenvalue weighted by Crippen LogP contribution is -2.40. The van der Waals surface area contributed by atoms with E-state index in [-0.39, 0.29) is 6.10 Å². The molecule has 2 heterocycles. The van der Waals surface area contributed by atoms with E-state index in [2.05, 4.69) is 6.92 Å². The molecule has 4 atom stereocenters. The van der Waals surface area contributed by atoms with Gasteiger partial charge in [0.25, 0.3) is 0 Å². The number of hydrogen-bond donors (Lipinski definition) is 1. The van der Waals surface area contributed by atoms with Crippen molar-refractivity contribution in [3.05, 3.63) is 44.8 Å². The topological polar surface area (TPSA) is 46.5 Å². The Hall–Kier alpha value is -1.17. The zero-order valence-corrected chi connectivity index (χ0v) is 14.6. The number of thiophene rings is 2. The molecule has 0 amide bonds. The molecule has 2 aromatic rings. The molecular weight excluding hydrogens is 328 g/mol. The molecule has 2 bridgehead atoms. The van der Waals surface area contributed by atoms with Crippen molar-refractivity contribution in [3.63, 3.8) is 0 Å². The monoisotopic (exact) mass is 348 g/mol. The second-order valence-electron chi connectivity index (χ2n) is 6.70. The zero-order chi connectivity index (χ0) is 16.0. The Morgan fingerprint density at radius 3 is 2.30 bits per heavy atom. The van der Waals surface area contributed by atoms with Gasteiger partial charge >= 0.3 is 5.97 Å². The molecule has 1 N–H and O–H groups in total. The van der Waals surface area contributed by atoms with Crippen molar-refractivity contribution in [2.75, 3.05) is 0 Å². The molecule has 2 aromatic heterocycles. The molecule has 0 radical (unpaired) electrons. The number of hydrogen-bond acceptors (Lipinski definition) is 5. The highest BCUT2D eigenvalue weighted by molar-refractivity contribution is 7.12. The van der Waals surface area contributed by atoms with Gasteiger partial charge in [0.1, 0.15) is 6.10 Å². The van der Waals surface area contributed by atoms with Crippen LogP contribution in [0.2, 0.25) is 0 Å². The van der Waals surface area contributed by atoms with Gasteiger partial charge in [0, 0.05) is 0 Å². The Bertz CT molecular complexity index is 643. The van der Waals surface area contributed by atoms with Crippen molar-refractivity contribution in [3.8, 4) is 0 Å². The fraction of sp³-hybridized carbons (Fsp3) is 0.500. The van der Waals surface area contributed by atoms with Gasteiger partial charge in [-0.15, -0.1) is 22.7 Å². The minimum atomic E-state index is -1.67. The van der Waals surface area contributed by atoms with E-state index in [4.69, 9.17) is 4.74 Å². The van der Waals surface area contributed by atoms with Crippen LogP contribution in [-0.4, -0.2) is 17.2 Å². The van der Waals surface area contributed by atoms with E-state index in [0.717, 1.165) is 12.8 Å². The molecule has 0 aliphatic heterocycles. The molecule has 4 rings (SSSR count). The van der Waals surface area contributed by atoms with Crippen LogP contribution in [0, 0.1) is 17.8 Å². The Balaban J connectivity index is 1.62. The predicted molar refractivity (Wildman–Crippen MR) is 91.5 cm³/mol. The fourth-order valence-corrected chi connectivity index (χ4v) is 5.98. The van der Waals surface area contributed by atoms with Gasteiger partial charge in [0.2, 0.25) is 5.60 Å². The molecule has 2 saturated carbocycles. The van der Waals surface area contributed by atoms with Crippen LogP contribution in [0.1, 0.15) is 35.9 Å². The van der Waals surface area contributed by atoms with Crippen LogP contribution in [0.15, 0.2) is 35.0 Å². The lowest BCUT2D eigenvalue weighted by Gasteiger charge is -2.29. The van der Waals surface area contributed by atoms with Crippen molar-refractivity contribution >= 4 is 28.6 Å². The number of aliphatic hydroxyl groups is 1. The molecule has 0 spiro atoms. The Kier molecular flexibility index (Phi) is 3.82. The summed E-state index contributed by atoms with van der Waals surface area (Å²) in [4.78, 5) is 14.2. The average Bonchev–Trinajstić information content (AvgIpc) is 3.32. The van der Waals surface area contributed by atoms with Crippen LogP contribution >= 0.6 is 22.7 Å². The first-order chi connectivity index (χ1) is 11.1. The summed E-state index contributed by atoms with van der Waals surface area (Å²) in [5.41, 5.74) is -1.67. The van der Waals surface area contributed by atoms with Gasteiger partial charge in [-0.1, -0.05) is 19.1 Å². The summed E-state index contributed by atoms with van der Waals surface area (Å²) in [6.07, 6.45) is 3.30. The maximum atomic E-state index is 12.9. The van der Waals surface area contributed by atoms with Gasteiger partial charge in [0.15, 0.2) is 0 Å². The van der Waals surface area contributed by atoms with E-state index in [1.807, 2.05) is 22.9 Å². The molecule has 3 nitrogen and oxygen atoms in total. The first-order valence-electron chi connectivity index (χ1n) is 8.12. The average molecular weight is 348 g/mol. The van der Waals surface area contributed by atoms with Crippen LogP contribution in [-0.2, 0) is 15.1 Å². The van der Waals surface area contributed by atoms with E-state index in [9.17, 15) is 9.90 Å². The summed E-state index contributed by atoms with van der Waals surface area (Å²) in [7, 11) is 0. The largest absolute Gasteiger partial charge is 0.459 e. The minimum absolute atomic E-state index is 0.0392. The number of ether oxygens (including phenoxy) is 1. The van der Waals surface area contributed by atoms with E-state index in [1.165, 1.54) is 29.1 Å². The molecular formula is C18H20O3S2. The number of fused-ring (bicyclic) bond motifs is 2. The van der Waals surface area contributed by atoms with Crippen LogP contribution in [0.4, 0.5) is 0 Å². The molecule has 2 fully saturated rings. The SMILES string of the molecule is CC1C2CCC1C(OC(=O)C(O)(c1cccs1)c1cccs1)C2. The Labute approximate surface area is 143 Å². The van der Waals surface area contributed by atoms with Gasteiger partial charge in [-0.2, -0.15) is 0 Å². The van der Waals surface area contributed by atoms with E-state index >= 15 is 0 Å². The maximum absolute atomic E-state index is 12.9. The first kappa shape index (κ1) is 15.4. The predicted octanol–water partition coefficient (Wildman–Crippen LogP) is 4.02. The molecule has 2 aliphatic carbocycles. The van der Waals surface area contributed by atoms with E-state index in [1.54, 1.807) is 12.1 Å². The number of esters is 1. The van der Waals surface area contributed by atoms with E-state index < -0.39 is 11.6 Å². The van der Waals surface area contributed by atoms with Crippen LogP contribution in [0.5, 0.6) is 0 Å². The fourth-order valence-electron chi connectivity index (χ4n) is 4.26. The second-order valence-corrected chi connectivity index (χ2v) is 8.60. The van der Waals surface area contributed by atoms with Gasteiger partial charge in [-0.25, -0.2) is 4.79 Å². The summed E-state index contributed by atoms with van der Waals surface area (Å²) in [6.45, 7) is 2.26.